The molecule has 0 saturated carbocycles. The summed E-state index contributed by atoms with van der Waals surface area (Å²) in [7, 11) is -0.513. The van der Waals surface area contributed by atoms with Crippen molar-refractivity contribution in [2.24, 2.45) is 0 Å². The number of fused-ring (bicyclic) bond motifs is 4. The van der Waals surface area contributed by atoms with Crippen molar-refractivity contribution in [3.8, 4) is 17.3 Å². The highest BCUT2D eigenvalue weighted by Gasteiger charge is 2.48. The minimum absolute atomic E-state index is 0.00291. The molecule has 14 nitrogen and oxygen atoms in total. The normalized spacial score (nSPS) is 19.0. The third-order valence-electron chi connectivity index (χ3n) is 9.83. The van der Waals surface area contributed by atoms with Gasteiger partial charge in [-0.3, -0.25) is 24.5 Å². The lowest BCUT2D eigenvalue weighted by atomic mass is 9.96. The van der Waals surface area contributed by atoms with Crippen molar-refractivity contribution in [3.63, 3.8) is 0 Å². The molecule has 3 atom stereocenters. The lowest BCUT2D eigenvalue weighted by Crippen LogP contribution is -2.51. The summed E-state index contributed by atoms with van der Waals surface area (Å²) in [5.41, 5.74) is -0.386. The molecular weight excluding hydrogens is 789 g/mol. The molecule has 2 N–H and O–H groups in total. The first kappa shape index (κ1) is 43.0. The second-order valence-electron chi connectivity index (χ2n) is 15.1. The Balaban J connectivity index is 1.75. The van der Waals surface area contributed by atoms with Crippen molar-refractivity contribution in [1.29, 1.82) is 5.26 Å². The number of amides is 3. The number of carbonyl (C=O) groups is 4. The van der Waals surface area contributed by atoms with Crippen LogP contribution in [0.25, 0.3) is 11.3 Å². The molecule has 2 aromatic carbocycles. The molecule has 3 aromatic rings. The van der Waals surface area contributed by atoms with E-state index in [1.807, 2.05) is 0 Å². The molecule has 2 aliphatic heterocycles. The van der Waals surface area contributed by atoms with Crippen LogP contribution >= 0.6 is 11.6 Å². The van der Waals surface area contributed by atoms with Crippen LogP contribution in [0, 0.1) is 18.3 Å². The van der Waals surface area contributed by atoms with Gasteiger partial charge in [-0.05, 0) is 61.2 Å². The van der Waals surface area contributed by atoms with Gasteiger partial charge in [0.15, 0.2) is 0 Å². The highest BCUT2D eigenvalue weighted by Crippen LogP contribution is 2.44. The number of imidazole rings is 1. The van der Waals surface area contributed by atoms with E-state index in [0.29, 0.717) is 23.6 Å². The van der Waals surface area contributed by atoms with E-state index < -0.39 is 68.6 Å². The third kappa shape index (κ3) is 9.89. The summed E-state index contributed by atoms with van der Waals surface area (Å²) in [6, 6.07) is 9.31. The number of anilines is 2. The van der Waals surface area contributed by atoms with E-state index in [4.69, 9.17) is 26.1 Å². The molecule has 306 valence electrons. The number of methoxy groups -OCH3 is 1. The minimum atomic E-state index is -5.53. The van der Waals surface area contributed by atoms with Crippen LogP contribution in [0.3, 0.4) is 0 Å². The Morgan fingerprint density at radius 1 is 1.14 bits per heavy atom. The number of cyclic esters (lactones) is 1. The maximum Gasteiger partial charge on any atom is 0.471 e. The fraction of sp³-hybridized carbons (Fsp3) is 0.474. The van der Waals surface area contributed by atoms with Gasteiger partial charge in [0.25, 0.3) is 0 Å². The first-order valence-electron chi connectivity index (χ1n) is 18.3. The smallest absolute Gasteiger partial charge is 0.471 e. The van der Waals surface area contributed by atoms with E-state index in [1.54, 1.807) is 24.3 Å². The standard InChI is InChI=1S/C38H44ClF3N6O8Si/c1-22-17-25(44-36(52)54-2)19-28-31(22)32-29(20-43)47(21-55-15-16-57(3,4)5)33(45-32)26(11-6-7-12-27(34(49)50)48(28)35(51)38(40,41)42)46-14-13-30(56-37(46)53)23-9-8-10-24(39)18-23/h8-10,17-19,26-27,30H,6-7,11-16,21H2,1-5H3,(H,44,52)(H,49,50)/t26-,27+,30+/m0/s1. The van der Waals surface area contributed by atoms with E-state index in [2.05, 4.69) is 35.8 Å². The van der Waals surface area contributed by atoms with Crippen LogP contribution in [0.15, 0.2) is 36.4 Å². The number of ether oxygens (including phenoxy) is 3. The molecule has 0 unspecified atom stereocenters. The predicted octanol–water partition coefficient (Wildman–Crippen LogP) is 8.42. The lowest BCUT2D eigenvalue weighted by Gasteiger charge is -2.37. The summed E-state index contributed by atoms with van der Waals surface area (Å²) < 4.78 is 61.5. The Bertz CT molecular complexity index is 2070. The largest absolute Gasteiger partial charge is 0.480 e. The SMILES string of the molecule is COC(=O)Nc1cc(C)c2c(c1)N(C(=O)C(F)(F)F)[C@@H](C(=O)O)CCCC[C@H](N1CC[C@H](c3cccc(Cl)c3)OC1=O)c1nc-2c(C#N)n1COCC[Si](C)(C)C. The van der Waals surface area contributed by atoms with Crippen LogP contribution in [0.4, 0.5) is 34.1 Å². The van der Waals surface area contributed by atoms with Crippen molar-refractivity contribution in [1.82, 2.24) is 14.5 Å². The number of aryl methyl sites for hydroxylation is 1. The first-order chi connectivity index (χ1) is 26.8. The number of benzene rings is 2. The monoisotopic (exact) mass is 832 g/mol. The highest BCUT2D eigenvalue weighted by molar-refractivity contribution is 6.76. The molecule has 5 rings (SSSR count). The van der Waals surface area contributed by atoms with Gasteiger partial charge in [-0.15, -0.1) is 0 Å². The molecule has 1 fully saturated rings. The summed E-state index contributed by atoms with van der Waals surface area (Å²) in [6.45, 7) is 8.22. The van der Waals surface area contributed by atoms with Gasteiger partial charge in [0.1, 0.15) is 42.2 Å². The summed E-state index contributed by atoms with van der Waals surface area (Å²) >= 11 is 6.21. The number of nitrogens with one attached hydrogen (secondary N) is 1. The van der Waals surface area contributed by atoms with Gasteiger partial charge < -0.3 is 19.3 Å². The number of nitrogens with zero attached hydrogens (tertiary/aromatic N) is 5. The molecule has 0 aliphatic carbocycles. The van der Waals surface area contributed by atoms with Gasteiger partial charge in [0.05, 0.1) is 18.8 Å². The quantitative estimate of drug-likeness (QED) is 0.157. The van der Waals surface area contributed by atoms with Crippen molar-refractivity contribution >= 4 is 55.1 Å². The molecule has 1 aromatic heterocycles. The molecule has 3 amide bonds. The van der Waals surface area contributed by atoms with Crippen molar-refractivity contribution in [2.45, 2.75) is 95.8 Å². The molecule has 0 spiro atoms. The first-order valence-corrected chi connectivity index (χ1v) is 22.4. The predicted molar refractivity (Wildman–Crippen MR) is 205 cm³/mol. The van der Waals surface area contributed by atoms with Crippen LogP contribution in [-0.4, -0.2) is 84.2 Å². The summed E-state index contributed by atoms with van der Waals surface area (Å²) in [4.78, 5) is 58.9. The summed E-state index contributed by atoms with van der Waals surface area (Å²) in [6.07, 6.45) is -7.55. The van der Waals surface area contributed by atoms with E-state index in [9.17, 15) is 42.7 Å². The molecule has 19 heteroatoms. The van der Waals surface area contributed by atoms with Crippen molar-refractivity contribution in [2.75, 3.05) is 30.5 Å². The number of carbonyl (C=O) groups excluding carboxylic acids is 3. The second kappa shape index (κ2) is 17.6. The number of carboxylic acids is 1. The maximum atomic E-state index is 14.4. The number of halogens is 4. The van der Waals surface area contributed by atoms with Crippen molar-refractivity contribution in [3.05, 3.63) is 64.1 Å². The number of carboxylic acid groups (broad SMARTS) is 1. The highest BCUT2D eigenvalue weighted by atomic mass is 35.5. The fourth-order valence-corrected chi connectivity index (χ4v) is 7.98. The van der Waals surface area contributed by atoms with E-state index in [1.165, 1.54) is 22.5 Å². The zero-order valence-electron chi connectivity index (χ0n) is 32.1. The van der Waals surface area contributed by atoms with E-state index in [0.717, 1.165) is 19.2 Å². The Hall–Kier alpha value is -5.12. The van der Waals surface area contributed by atoms with Crippen LogP contribution in [0.1, 0.15) is 66.9 Å². The van der Waals surface area contributed by atoms with Crippen LogP contribution < -0.4 is 10.2 Å². The molecule has 3 heterocycles. The molecule has 2 bridgehead atoms. The van der Waals surface area contributed by atoms with Crippen LogP contribution in [0.5, 0.6) is 0 Å². The molecular formula is C38H44ClF3N6O8Si. The number of rotatable bonds is 9. The Kier molecular flexibility index (Phi) is 13.3. The average molecular weight is 833 g/mol. The summed E-state index contributed by atoms with van der Waals surface area (Å²) in [5.74, 6) is -4.01. The van der Waals surface area contributed by atoms with Gasteiger partial charge in [-0.25, -0.2) is 19.4 Å². The van der Waals surface area contributed by atoms with E-state index >= 15 is 0 Å². The lowest BCUT2D eigenvalue weighted by molar-refractivity contribution is -0.171. The molecule has 0 radical (unpaired) electrons. The zero-order valence-corrected chi connectivity index (χ0v) is 33.9. The van der Waals surface area contributed by atoms with Gasteiger partial charge in [0, 0.05) is 43.9 Å². The van der Waals surface area contributed by atoms with E-state index in [-0.39, 0.29) is 71.5 Å². The molecule has 57 heavy (non-hydrogen) atoms. The van der Waals surface area contributed by atoms with Crippen molar-refractivity contribution < 1.29 is 51.7 Å². The third-order valence-corrected chi connectivity index (χ3v) is 11.8. The number of nitriles is 1. The minimum Gasteiger partial charge on any atom is -0.480 e. The topological polar surface area (TPSA) is 176 Å². The number of aliphatic carboxylic acids is 1. The Labute approximate surface area is 333 Å². The number of hydrogen-bond acceptors (Lipinski definition) is 9. The number of hydrogen-bond donors (Lipinski definition) is 2. The van der Waals surface area contributed by atoms with Gasteiger partial charge in [-0.2, -0.15) is 18.4 Å². The number of aromatic nitrogens is 2. The van der Waals surface area contributed by atoms with Gasteiger partial charge in [-0.1, -0.05) is 56.2 Å². The maximum absolute atomic E-state index is 14.4. The number of alkyl halides is 3. The van der Waals surface area contributed by atoms with Crippen LogP contribution in [-0.2, 0) is 30.5 Å². The Morgan fingerprint density at radius 3 is 2.47 bits per heavy atom. The fourth-order valence-electron chi connectivity index (χ4n) is 7.02. The van der Waals surface area contributed by atoms with Gasteiger partial charge in [0.2, 0.25) is 0 Å². The summed E-state index contributed by atoms with van der Waals surface area (Å²) in [5, 5.41) is 24.0. The molecule has 1 saturated heterocycles. The average Bonchev–Trinajstić information content (AvgIpc) is 3.48. The second-order valence-corrected chi connectivity index (χ2v) is 21.2. The van der Waals surface area contributed by atoms with Crippen LogP contribution in [0.2, 0.25) is 30.7 Å². The van der Waals surface area contributed by atoms with Gasteiger partial charge >= 0.3 is 30.2 Å². The molecule has 2 aliphatic rings. The Morgan fingerprint density at radius 2 is 1.86 bits per heavy atom. The zero-order chi connectivity index (χ0) is 41.8.